The molecule has 0 fully saturated rings. The van der Waals surface area contributed by atoms with E-state index >= 15 is 0 Å². The van der Waals surface area contributed by atoms with Crippen LogP contribution >= 0.6 is 0 Å². The average molecular weight is 235 g/mol. The van der Waals surface area contributed by atoms with Crippen molar-refractivity contribution in [1.82, 2.24) is 10.3 Å². The third-order valence-corrected chi connectivity index (χ3v) is 2.65. The number of hydrogen-bond donors (Lipinski definition) is 2. The van der Waals surface area contributed by atoms with Crippen molar-refractivity contribution in [3.63, 3.8) is 0 Å². The molecule has 4 heteroatoms. The van der Waals surface area contributed by atoms with Gasteiger partial charge in [0.25, 0.3) is 5.91 Å². The van der Waals surface area contributed by atoms with Crippen molar-refractivity contribution in [2.75, 3.05) is 5.73 Å². The van der Waals surface area contributed by atoms with Gasteiger partial charge in [-0.3, -0.25) is 9.78 Å². The van der Waals surface area contributed by atoms with Crippen LogP contribution in [0.1, 0.15) is 44.0 Å². The first-order chi connectivity index (χ1) is 8.00. The molecule has 0 bridgehead atoms. The van der Waals surface area contributed by atoms with Crippen LogP contribution in [-0.4, -0.2) is 16.9 Å². The largest absolute Gasteiger partial charge is 0.398 e. The van der Waals surface area contributed by atoms with E-state index in [1.54, 1.807) is 12.3 Å². The molecule has 17 heavy (non-hydrogen) atoms. The molecule has 3 N–H and O–H groups in total. The molecule has 1 atom stereocenters. The molecule has 0 aliphatic carbocycles. The number of hydrogen-bond acceptors (Lipinski definition) is 3. The molecular formula is C13H21N3O. The molecule has 1 rings (SSSR count). The maximum Gasteiger partial charge on any atom is 0.255 e. The molecule has 1 amide bonds. The van der Waals surface area contributed by atoms with E-state index in [2.05, 4.69) is 24.1 Å². The van der Waals surface area contributed by atoms with Crippen LogP contribution < -0.4 is 11.1 Å². The zero-order chi connectivity index (χ0) is 12.8. The Morgan fingerprint density at radius 3 is 2.71 bits per heavy atom. The summed E-state index contributed by atoms with van der Waals surface area (Å²) in [6.45, 7) is 6.36. The molecule has 0 aliphatic heterocycles. The second-order valence-electron chi connectivity index (χ2n) is 4.81. The van der Waals surface area contributed by atoms with Gasteiger partial charge in [0.15, 0.2) is 0 Å². The molecule has 1 unspecified atom stereocenters. The highest BCUT2D eigenvalue weighted by Gasteiger charge is 2.12. The maximum absolute atomic E-state index is 11.9. The minimum atomic E-state index is -0.146. The number of carbonyl (C=O) groups excluding carboxylic acids is 1. The van der Waals surface area contributed by atoms with E-state index in [-0.39, 0.29) is 11.9 Å². The summed E-state index contributed by atoms with van der Waals surface area (Å²) in [5.41, 5.74) is 6.63. The Morgan fingerprint density at radius 1 is 1.41 bits per heavy atom. The molecule has 0 spiro atoms. The van der Waals surface area contributed by atoms with Crippen LogP contribution in [-0.2, 0) is 0 Å². The van der Waals surface area contributed by atoms with E-state index in [9.17, 15) is 4.79 Å². The smallest absolute Gasteiger partial charge is 0.255 e. The highest BCUT2D eigenvalue weighted by atomic mass is 16.1. The van der Waals surface area contributed by atoms with E-state index in [1.807, 2.05) is 6.92 Å². The van der Waals surface area contributed by atoms with Crippen LogP contribution in [0.15, 0.2) is 18.5 Å². The van der Waals surface area contributed by atoms with Gasteiger partial charge in [-0.05, 0) is 31.7 Å². The van der Waals surface area contributed by atoms with E-state index in [4.69, 9.17) is 5.73 Å². The van der Waals surface area contributed by atoms with Gasteiger partial charge in [0, 0.05) is 24.1 Å². The Balaban J connectivity index is 2.52. The fourth-order valence-corrected chi connectivity index (χ4v) is 1.55. The molecule has 0 saturated heterocycles. The van der Waals surface area contributed by atoms with Crippen molar-refractivity contribution >= 4 is 11.6 Å². The Morgan fingerprint density at radius 2 is 2.12 bits per heavy atom. The summed E-state index contributed by atoms with van der Waals surface area (Å²) in [6, 6.07) is 1.79. The van der Waals surface area contributed by atoms with Crippen molar-refractivity contribution in [3.8, 4) is 0 Å². The number of anilines is 1. The van der Waals surface area contributed by atoms with Gasteiger partial charge in [-0.15, -0.1) is 0 Å². The van der Waals surface area contributed by atoms with Gasteiger partial charge in [0.2, 0.25) is 0 Å². The van der Waals surface area contributed by atoms with Gasteiger partial charge in [-0.2, -0.15) is 0 Å². The molecule has 1 heterocycles. The molecular weight excluding hydrogens is 214 g/mol. The molecule has 0 aromatic carbocycles. The molecule has 0 saturated carbocycles. The van der Waals surface area contributed by atoms with Crippen LogP contribution in [0.4, 0.5) is 5.69 Å². The Labute approximate surface area is 103 Å². The monoisotopic (exact) mass is 235 g/mol. The van der Waals surface area contributed by atoms with Crippen LogP contribution in [0.5, 0.6) is 0 Å². The molecule has 0 radical (unpaired) electrons. The standard InChI is InChI=1S/C13H21N3O/c1-9(2)4-5-10(3)16-13(17)11-8-15-7-6-12(11)14/h6-10H,4-5H2,1-3H3,(H2,14,15)(H,16,17). The van der Waals surface area contributed by atoms with Gasteiger partial charge in [-0.25, -0.2) is 0 Å². The normalized spacial score (nSPS) is 12.5. The number of nitrogens with zero attached hydrogens (tertiary/aromatic N) is 1. The number of nitrogens with two attached hydrogens (primary N) is 1. The zero-order valence-electron chi connectivity index (χ0n) is 10.7. The van der Waals surface area contributed by atoms with Crippen molar-refractivity contribution < 1.29 is 4.79 Å². The Kier molecular flexibility index (Phi) is 4.94. The summed E-state index contributed by atoms with van der Waals surface area (Å²) in [4.78, 5) is 15.8. The summed E-state index contributed by atoms with van der Waals surface area (Å²) < 4.78 is 0. The van der Waals surface area contributed by atoms with Crippen molar-refractivity contribution in [2.24, 2.45) is 5.92 Å². The van der Waals surface area contributed by atoms with Gasteiger partial charge < -0.3 is 11.1 Å². The maximum atomic E-state index is 11.9. The van der Waals surface area contributed by atoms with E-state index in [1.165, 1.54) is 6.20 Å². The third kappa shape index (κ3) is 4.43. The summed E-state index contributed by atoms with van der Waals surface area (Å²) in [5, 5.41) is 2.93. The van der Waals surface area contributed by atoms with Crippen molar-refractivity contribution in [1.29, 1.82) is 0 Å². The first-order valence-corrected chi connectivity index (χ1v) is 6.01. The quantitative estimate of drug-likeness (QED) is 0.822. The van der Waals surface area contributed by atoms with E-state index in [0.29, 0.717) is 17.2 Å². The van der Waals surface area contributed by atoms with Crippen molar-refractivity contribution in [2.45, 2.75) is 39.7 Å². The number of nitrogens with one attached hydrogen (secondary N) is 1. The first kappa shape index (κ1) is 13.5. The summed E-state index contributed by atoms with van der Waals surface area (Å²) in [6.07, 6.45) is 5.15. The SMILES string of the molecule is CC(C)CCC(C)NC(=O)c1cnccc1N. The Bertz CT molecular complexity index is 377. The van der Waals surface area contributed by atoms with Gasteiger partial charge in [-0.1, -0.05) is 13.8 Å². The lowest BCUT2D eigenvalue weighted by Gasteiger charge is -2.15. The van der Waals surface area contributed by atoms with Crippen LogP contribution in [0.2, 0.25) is 0 Å². The molecule has 94 valence electrons. The second kappa shape index (κ2) is 6.23. The Hall–Kier alpha value is -1.58. The fourth-order valence-electron chi connectivity index (χ4n) is 1.55. The van der Waals surface area contributed by atoms with Gasteiger partial charge in [0.1, 0.15) is 0 Å². The fraction of sp³-hybridized carbons (Fsp3) is 0.538. The number of nitrogen functional groups attached to an aromatic ring is 1. The topological polar surface area (TPSA) is 68.0 Å². The van der Waals surface area contributed by atoms with Gasteiger partial charge in [0.05, 0.1) is 5.56 Å². The number of pyridine rings is 1. The number of rotatable bonds is 5. The third-order valence-electron chi connectivity index (χ3n) is 2.65. The first-order valence-electron chi connectivity index (χ1n) is 6.01. The number of amides is 1. The minimum Gasteiger partial charge on any atom is -0.398 e. The predicted octanol–water partition coefficient (Wildman–Crippen LogP) is 2.22. The summed E-state index contributed by atoms with van der Waals surface area (Å²) in [5.74, 6) is 0.504. The number of aromatic nitrogens is 1. The average Bonchev–Trinajstić information content (AvgIpc) is 2.26. The summed E-state index contributed by atoms with van der Waals surface area (Å²) in [7, 11) is 0. The molecule has 1 aromatic heterocycles. The van der Waals surface area contributed by atoms with Crippen LogP contribution in [0.25, 0.3) is 0 Å². The lowest BCUT2D eigenvalue weighted by molar-refractivity contribution is 0.0938. The highest BCUT2D eigenvalue weighted by molar-refractivity contribution is 5.98. The lowest BCUT2D eigenvalue weighted by atomic mass is 10.0. The highest BCUT2D eigenvalue weighted by Crippen LogP contribution is 2.10. The lowest BCUT2D eigenvalue weighted by Crippen LogP contribution is -2.33. The zero-order valence-corrected chi connectivity index (χ0v) is 10.7. The van der Waals surface area contributed by atoms with Crippen LogP contribution in [0.3, 0.4) is 0 Å². The van der Waals surface area contributed by atoms with E-state index in [0.717, 1.165) is 12.8 Å². The molecule has 0 aliphatic rings. The van der Waals surface area contributed by atoms with E-state index < -0.39 is 0 Å². The summed E-state index contributed by atoms with van der Waals surface area (Å²) >= 11 is 0. The predicted molar refractivity (Wildman–Crippen MR) is 69.6 cm³/mol. The van der Waals surface area contributed by atoms with Crippen LogP contribution in [0, 0.1) is 5.92 Å². The second-order valence-corrected chi connectivity index (χ2v) is 4.81. The van der Waals surface area contributed by atoms with Gasteiger partial charge >= 0.3 is 0 Å². The number of carbonyl (C=O) groups is 1. The minimum absolute atomic E-state index is 0.146. The molecule has 1 aromatic rings. The van der Waals surface area contributed by atoms with Crippen molar-refractivity contribution in [3.05, 3.63) is 24.0 Å². The molecule has 4 nitrogen and oxygen atoms in total.